The van der Waals surface area contributed by atoms with Crippen molar-refractivity contribution in [3.8, 4) is 5.75 Å². The Bertz CT molecular complexity index is 493. The van der Waals surface area contributed by atoms with Gasteiger partial charge in [0.05, 0.1) is 13.7 Å². The predicted molar refractivity (Wildman–Crippen MR) is 101 cm³/mol. The number of hydrogen-bond donors (Lipinski definition) is 2. The maximum absolute atomic E-state index is 5.20. The topological polar surface area (TPSA) is 48.9 Å². The molecule has 134 valence electrons. The van der Waals surface area contributed by atoms with Crippen molar-refractivity contribution in [2.24, 2.45) is 4.99 Å². The fraction of sp³-hybridized carbons (Fsp3) is 0.632. The molecular weight excluding hydrogens is 300 g/mol. The second kappa shape index (κ2) is 10.2. The van der Waals surface area contributed by atoms with Crippen LogP contribution >= 0.6 is 0 Å². The fourth-order valence-corrected chi connectivity index (χ4v) is 3.03. The van der Waals surface area contributed by atoms with Crippen LogP contribution in [0.5, 0.6) is 5.75 Å². The van der Waals surface area contributed by atoms with Crippen LogP contribution in [0.4, 0.5) is 0 Å². The molecule has 0 amide bonds. The molecule has 1 aliphatic heterocycles. The van der Waals surface area contributed by atoms with Gasteiger partial charge in [0.25, 0.3) is 0 Å². The van der Waals surface area contributed by atoms with Crippen LogP contribution in [-0.2, 0) is 6.54 Å². The highest BCUT2D eigenvalue weighted by atomic mass is 16.5. The number of ether oxygens (including phenoxy) is 1. The third-order valence-corrected chi connectivity index (χ3v) is 4.39. The third kappa shape index (κ3) is 6.04. The Kier molecular flexibility index (Phi) is 7.89. The number of rotatable bonds is 7. The molecule has 24 heavy (non-hydrogen) atoms. The molecule has 2 N–H and O–H groups in total. The van der Waals surface area contributed by atoms with Crippen LogP contribution in [0.1, 0.15) is 38.7 Å². The minimum absolute atomic E-state index is 0.520. The summed E-state index contributed by atoms with van der Waals surface area (Å²) in [5, 5.41) is 6.96. The van der Waals surface area contributed by atoms with Gasteiger partial charge in [0.1, 0.15) is 5.75 Å². The molecule has 1 heterocycles. The largest absolute Gasteiger partial charge is 0.497 e. The lowest BCUT2D eigenvalue weighted by Gasteiger charge is -2.32. The second-order valence-electron chi connectivity index (χ2n) is 6.30. The Balaban J connectivity index is 1.86. The molecular formula is C19H32N4O. The maximum Gasteiger partial charge on any atom is 0.191 e. The SMILES string of the molecule is CCCN1CCC(NC(=NCc2ccc(OC)cc2)NCC)CC1. The van der Waals surface area contributed by atoms with Crippen molar-refractivity contribution in [1.82, 2.24) is 15.5 Å². The first-order valence-corrected chi connectivity index (χ1v) is 9.15. The third-order valence-electron chi connectivity index (χ3n) is 4.39. The molecule has 0 saturated carbocycles. The highest BCUT2D eigenvalue weighted by molar-refractivity contribution is 5.80. The molecule has 1 aliphatic rings. The highest BCUT2D eigenvalue weighted by Crippen LogP contribution is 2.13. The summed E-state index contributed by atoms with van der Waals surface area (Å²) >= 11 is 0. The molecule has 0 aliphatic carbocycles. The van der Waals surface area contributed by atoms with Gasteiger partial charge in [0.15, 0.2) is 5.96 Å². The Morgan fingerprint density at radius 1 is 1.21 bits per heavy atom. The summed E-state index contributed by atoms with van der Waals surface area (Å²) in [6.07, 6.45) is 3.62. The van der Waals surface area contributed by atoms with E-state index in [0.29, 0.717) is 12.6 Å². The minimum Gasteiger partial charge on any atom is -0.497 e. The normalized spacial score (nSPS) is 16.9. The second-order valence-corrected chi connectivity index (χ2v) is 6.30. The molecule has 5 heteroatoms. The van der Waals surface area contributed by atoms with Crippen molar-refractivity contribution in [3.63, 3.8) is 0 Å². The number of methoxy groups -OCH3 is 1. The van der Waals surface area contributed by atoms with Gasteiger partial charge in [0, 0.05) is 25.7 Å². The van der Waals surface area contributed by atoms with Crippen LogP contribution in [0.2, 0.25) is 0 Å². The summed E-state index contributed by atoms with van der Waals surface area (Å²) in [5.74, 6) is 1.80. The number of piperidine rings is 1. The molecule has 0 radical (unpaired) electrons. The molecule has 1 aromatic rings. The van der Waals surface area contributed by atoms with Crippen LogP contribution < -0.4 is 15.4 Å². The van der Waals surface area contributed by atoms with E-state index in [0.717, 1.165) is 18.3 Å². The van der Waals surface area contributed by atoms with Crippen molar-refractivity contribution in [3.05, 3.63) is 29.8 Å². The van der Waals surface area contributed by atoms with Gasteiger partial charge in [-0.15, -0.1) is 0 Å². The molecule has 1 aromatic carbocycles. The van der Waals surface area contributed by atoms with Gasteiger partial charge in [-0.25, -0.2) is 4.99 Å². The molecule has 0 atom stereocenters. The van der Waals surface area contributed by atoms with E-state index in [4.69, 9.17) is 9.73 Å². The number of nitrogens with zero attached hydrogens (tertiary/aromatic N) is 2. The van der Waals surface area contributed by atoms with E-state index < -0.39 is 0 Å². The molecule has 0 spiro atoms. The van der Waals surface area contributed by atoms with Crippen molar-refractivity contribution < 1.29 is 4.74 Å². The van der Waals surface area contributed by atoms with Crippen LogP contribution in [-0.4, -0.2) is 50.2 Å². The highest BCUT2D eigenvalue weighted by Gasteiger charge is 2.19. The summed E-state index contributed by atoms with van der Waals surface area (Å²) in [7, 11) is 1.69. The van der Waals surface area contributed by atoms with E-state index in [9.17, 15) is 0 Å². The lowest BCUT2D eigenvalue weighted by atomic mass is 10.1. The number of benzene rings is 1. The minimum atomic E-state index is 0.520. The lowest BCUT2D eigenvalue weighted by molar-refractivity contribution is 0.206. The van der Waals surface area contributed by atoms with E-state index >= 15 is 0 Å². The zero-order valence-corrected chi connectivity index (χ0v) is 15.3. The van der Waals surface area contributed by atoms with Crippen molar-refractivity contribution >= 4 is 5.96 Å². The Hall–Kier alpha value is -1.75. The summed E-state index contributed by atoms with van der Waals surface area (Å²) < 4.78 is 5.20. The van der Waals surface area contributed by atoms with E-state index in [1.165, 1.54) is 44.5 Å². The quantitative estimate of drug-likeness (QED) is 0.595. The molecule has 1 saturated heterocycles. The van der Waals surface area contributed by atoms with E-state index in [2.05, 4.69) is 41.5 Å². The van der Waals surface area contributed by atoms with Gasteiger partial charge < -0.3 is 20.3 Å². The molecule has 1 fully saturated rings. The van der Waals surface area contributed by atoms with Crippen molar-refractivity contribution in [2.75, 3.05) is 33.3 Å². The number of nitrogens with one attached hydrogen (secondary N) is 2. The Morgan fingerprint density at radius 3 is 2.50 bits per heavy atom. The standard InChI is InChI=1S/C19H32N4O/c1-4-12-23-13-10-17(11-14-23)22-19(20-5-2)21-15-16-6-8-18(24-3)9-7-16/h6-9,17H,4-5,10-15H2,1-3H3,(H2,20,21,22). The van der Waals surface area contributed by atoms with Crippen LogP contribution in [0.25, 0.3) is 0 Å². The van der Waals surface area contributed by atoms with Gasteiger partial charge in [0.2, 0.25) is 0 Å². The fourth-order valence-electron chi connectivity index (χ4n) is 3.03. The van der Waals surface area contributed by atoms with Crippen LogP contribution in [0, 0.1) is 0 Å². The molecule has 5 nitrogen and oxygen atoms in total. The average molecular weight is 332 g/mol. The monoisotopic (exact) mass is 332 g/mol. The van der Waals surface area contributed by atoms with Gasteiger partial charge >= 0.3 is 0 Å². The first-order valence-electron chi connectivity index (χ1n) is 9.15. The Morgan fingerprint density at radius 2 is 1.92 bits per heavy atom. The maximum atomic E-state index is 5.20. The molecule has 0 aromatic heterocycles. The number of likely N-dealkylation sites (tertiary alicyclic amines) is 1. The Labute approximate surface area is 146 Å². The zero-order valence-electron chi connectivity index (χ0n) is 15.3. The summed E-state index contributed by atoms with van der Waals surface area (Å²) in [6.45, 7) is 9.50. The summed E-state index contributed by atoms with van der Waals surface area (Å²) in [5.41, 5.74) is 1.19. The van der Waals surface area contributed by atoms with Gasteiger partial charge in [-0.05, 0) is 50.4 Å². The molecule has 0 bridgehead atoms. The first-order chi connectivity index (χ1) is 11.7. The lowest BCUT2D eigenvalue weighted by Crippen LogP contribution is -2.48. The first kappa shape index (κ1) is 18.6. The van der Waals surface area contributed by atoms with Crippen molar-refractivity contribution in [1.29, 1.82) is 0 Å². The predicted octanol–water partition coefficient (Wildman–Crippen LogP) is 2.62. The zero-order chi connectivity index (χ0) is 17.2. The smallest absolute Gasteiger partial charge is 0.191 e. The summed E-state index contributed by atoms with van der Waals surface area (Å²) in [6, 6.07) is 8.61. The molecule has 2 rings (SSSR count). The van der Waals surface area contributed by atoms with E-state index in [-0.39, 0.29) is 0 Å². The van der Waals surface area contributed by atoms with Crippen LogP contribution in [0.3, 0.4) is 0 Å². The summed E-state index contributed by atoms with van der Waals surface area (Å²) in [4.78, 5) is 7.28. The van der Waals surface area contributed by atoms with Gasteiger partial charge in [-0.1, -0.05) is 19.1 Å². The van der Waals surface area contributed by atoms with Crippen LogP contribution in [0.15, 0.2) is 29.3 Å². The van der Waals surface area contributed by atoms with E-state index in [1.807, 2.05) is 12.1 Å². The number of hydrogen-bond acceptors (Lipinski definition) is 3. The molecule has 0 unspecified atom stereocenters. The average Bonchev–Trinajstić information content (AvgIpc) is 2.62. The van der Waals surface area contributed by atoms with E-state index in [1.54, 1.807) is 7.11 Å². The number of aliphatic imine (C=N–C) groups is 1. The van der Waals surface area contributed by atoms with Gasteiger partial charge in [-0.2, -0.15) is 0 Å². The van der Waals surface area contributed by atoms with Gasteiger partial charge in [-0.3, -0.25) is 0 Å². The number of guanidine groups is 1. The van der Waals surface area contributed by atoms with Crippen molar-refractivity contribution in [2.45, 2.75) is 45.7 Å².